The number of hydrogen-bond donors (Lipinski definition) is 2. The van der Waals surface area contributed by atoms with Crippen molar-refractivity contribution in [2.24, 2.45) is 11.1 Å². The SMILES string of the molecule is CC(C)(C)CC(COc1cc(Br)c(Cl)cc1F)OC(N)=O.Oc1cc(Br)c(Cl)cc1F. The number of carbonyl (C=O) groups is 1. The van der Waals surface area contributed by atoms with Gasteiger partial charge in [0.05, 0.1) is 10.0 Å². The van der Waals surface area contributed by atoms with Crippen molar-refractivity contribution in [3.05, 3.63) is 54.9 Å². The summed E-state index contributed by atoms with van der Waals surface area (Å²) in [6.45, 7) is 5.97. The Morgan fingerprint density at radius 1 is 1.10 bits per heavy atom. The highest BCUT2D eigenvalue weighted by Crippen LogP contribution is 2.31. The van der Waals surface area contributed by atoms with Crippen LogP contribution in [0.2, 0.25) is 10.0 Å². The number of rotatable bonds is 5. The molecule has 0 aliphatic heterocycles. The molecule has 0 radical (unpaired) electrons. The van der Waals surface area contributed by atoms with Crippen LogP contribution in [0.1, 0.15) is 27.2 Å². The number of phenols is 1. The molecular formula is C20H21Br2Cl2F2NO4. The van der Waals surface area contributed by atoms with Crippen LogP contribution in [-0.2, 0) is 4.74 Å². The maximum atomic E-state index is 13.7. The van der Waals surface area contributed by atoms with Crippen LogP contribution in [0.4, 0.5) is 13.6 Å². The molecule has 1 unspecified atom stereocenters. The molecule has 0 aliphatic carbocycles. The van der Waals surface area contributed by atoms with Crippen LogP contribution >= 0.6 is 55.1 Å². The molecule has 0 spiro atoms. The van der Waals surface area contributed by atoms with E-state index in [1.54, 1.807) is 0 Å². The molecule has 0 aliphatic rings. The van der Waals surface area contributed by atoms with Crippen LogP contribution in [0, 0.1) is 17.0 Å². The zero-order valence-corrected chi connectivity index (χ0v) is 21.5. The van der Waals surface area contributed by atoms with E-state index in [1.165, 1.54) is 12.1 Å². The molecule has 0 fully saturated rings. The van der Waals surface area contributed by atoms with Gasteiger partial charge in [-0.2, -0.15) is 0 Å². The number of aromatic hydroxyl groups is 1. The second-order valence-corrected chi connectivity index (χ2v) is 10.1. The van der Waals surface area contributed by atoms with Crippen LogP contribution in [0.5, 0.6) is 11.5 Å². The van der Waals surface area contributed by atoms with Crippen molar-refractivity contribution < 1.29 is 28.2 Å². The first-order valence-electron chi connectivity index (χ1n) is 8.76. The molecule has 0 saturated heterocycles. The van der Waals surface area contributed by atoms with Crippen LogP contribution in [0.3, 0.4) is 0 Å². The van der Waals surface area contributed by atoms with Gasteiger partial charge in [-0.05, 0) is 68.0 Å². The van der Waals surface area contributed by atoms with Crippen LogP contribution in [0.15, 0.2) is 33.2 Å². The lowest BCUT2D eigenvalue weighted by Gasteiger charge is -2.25. The summed E-state index contributed by atoms with van der Waals surface area (Å²) >= 11 is 17.5. The predicted octanol–water partition coefficient (Wildman–Crippen LogP) is 7.47. The lowest BCUT2D eigenvalue weighted by atomic mass is 9.89. The van der Waals surface area contributed by atoms with Crippen molar-refractivity contribution in [1.82, 2.24) is 0 Å². The topological polar surface area (TPSA) is 81.8 Å². The normalized spacial score (nSPS) is 11.9. The third-order valence-corrected chi connectivity index (χ3v) is 5.91. The lowest BCUT2D eigenvalue weighted by Crippen LogP contribution is -2.31. The van der Waals surface area contributed by atoms with Gasteiger partial charge in [-0.25, -0.2) is 13.6 Å². The van der Waals surface area contributed by atoms with Gasteiger partial charge in [0.2, 0.25) is 0 Å². The van der Waals surface area contributed by atoms with Gasteiger partial charge < -0.3 is 20.3 Å². The van der Waals surface area contributed by atoms with Gasteiger partial charge in [0.15, 0.2) is 23.1 Å². The van der Waals surface area contributed by atoms with Crippen LogP contribution in [0.25, 0.3) is 0 Å². The Morgan fingerprint density at radius 2 is 1.61 bits per heavy atom. The van der Waals surface area contributed by atoms with E-state index in [0.717, 1.165) is 12.1 Å². The second-order valence-electron chi connectivity index (χ2n) is 7.55. The second kappa shape index (κ2) is 12.1. The van der Waals surface area contributed by atoms with Crippen molar-refractivity contribution in [1.29, 1.82) is 0 Å². The highest BCUT2D eigenvalue weighted by atomic mass is 79.9. The lowest BCUT2D eigenvalue weighted by molar-refractivity contribution is 0.0454. The van der Waals surface area contributed by atoms with Gasteiger partial charge >= 0.3 is 6.09 Å². The van der Waals surface area contributed by atoms with Crippen molar-refractivity contribution in [2.45, 2.75) is 33.3 Å². The molecule has 31 heavy (non-hydrogen) atoms. The van der Waals surface area contributed by atoms with Crippen LogP contribution < -0.4 is 10.5 Å². The number of primary amides is 1. The number of phenolic OH excluding ortho intramolecular Hbond substituents is 1. The Balaban J connectivity index is 0.000000399. The highest BCUT2D eigenvalue weighted by Gasteiger charge is 2.23. The molecule has 1 amide bonds. The predicted molar refractivity (Wildman–Crippen MR) is 124 cm³/mol. The van der Waals surface area contributed by atoms with E-state index < -0.39 is 29.6 Å². The average Bonchev–Trinajstić information content (AvgIpc) is 2.60. The average molecular weight is 608 g/mol. The Hall–Kier alpha value is -1.29. The van der Waals surface area contributed by atoms with E-state index in [1.807, 2.05) is 20.8 Å². The molecule has 172 valence electrons. The number of halogens is 6. The summed E-state index contributed by atoms with van der Waals surface area (Å²) in [6.07, 6.45) is -0.909. The summed E-state index contributed by atoms with van der Waals surface area (Å²) < 4.78 is 37.5. The summed E-state index contributed by atoms with van der Waals surface area (Å²) in [6, 6.07) is 4.82. The standard InChI is InChI=1S/C14H18BrClFNO3.C6H3BrClFO/c1-14(2,3)6-8(21-13(18)19)7-20-12-4-9(15)10(16)5-11(12)17;7-3-1-6(10)5(9)2-4(3)8/h4-5,8H,6-7H2,1-3H3,(H2,18,19);1-2,10H. The van der Waals surface area contributed by atoms with E-state index >= 15 is 0 Å². The number of benzene rings is 2. The van der Waals surface area contributed by atoms with Crippen molar-refractivity contribution in [2.75, 3.05) is 6.61 Å². The minimum absolute atomic E-state index is 0.00516. The quantitative estimate of drug-likeness (QED) is 0.346. The third kappa shape index (κ3) is 10.2. The summed E-state index contributed by atoms with van der Waals surface area (Å²) in [7, 11) is 0. The number of ether oxygens (including phenoxy) is 2. The fourth-order valence-corrected chi connectivity index (χ4v) is 3.25. The van der Waals surface area contributed by atoms with Gasteiger partial charge in [-0.1, -0.05) is 44.0 Å². The molecule has 2 aromatic rings. The maximum absolute atomic E-state index is 13.7. The molecule has 3 N–H and O–H groups in total. The van der Waals surface area contributed by atoms with E-state index in [4.69, 9.17) is 43.5 Å². The summed E-state index contributed by atoms with van der Waals surface area (Å²) in [4.78, 5) is 10.9. The number of carbonyl (C=O) groups excluding carboxylic acids is 1. The fourth-order valence-electron chi connectivity index (χ4n) is 2.29. The smallest absolute Gasteiger partial charge is 0.404 e. The molecule has 2 aromatic carbocycles. The highest BCUT2D eigenvalue weighted by molar-refractivity contribution is 9.10. The largest absolute Gasteiger partial charge is 0.505 e. The molecule has 0 bridgehead atoms. The molecular weight excluding hydrogens is 587 g/mol. The minimum atomic E-state index is -0.884. The summed E-state index contributed by atoms with van der Waals surface area (Å²) in [5, 5.41) is 9.26. The molecule has 2 rings (SSSR count). The molecule has 11 heteroatoms. The molecule has 0 aromatic heterocycles. The molecule has 1 atom stereocenters. The van der Waals surface area contributed by atoms with E-state index in [0.29, 0.717) is 15.4 Å². The van der Waals surface area contributed by atoms with Gasteiger partial charge in [-0.15, -0.1) is 0 Å². The zero-order chi connectivity index (χ0) is 23.9. The molecule has 0 heterocycles. The van der Waals surface area contributed by atoms with Crippen LogP contribution in [-0.4, -0.2) is 23.9 Å². The van der Waals surface area contributed by atoms with E-state index in [9.17, 15) is 13.6 Å². The van der Waals surface area contributed by atoms with Gasteiger partial charge in [0.25, 0.3) is 0 Å². The van der Waals surface area contributed by atoms with Crippen molar-refractivity contribution in [3.63, 3.8) is 0 Å². The first-order valence-corrected chi connectivity index (χ1v) is 11.1. The molecule has 0 saturated carbocycles. The van der Waals surface area contributed by atoms with E-state index in [-0.39, 0.29) is 27.8 Å². The monoisotopic (exact) mass is 605 g/mol. The first kappa shape index (κ1) is 27.7. The van der Waals surface area contributed by atoms with Crippen molar-refractivity contribution in [3.8, 4) is 11.5 Å². The van der Waals surface area contributed by atoms with Gasteiger partial charge in [0.1, 0.15) is 12.7 Å². The Kier molecular flexibility index (Phi) is 10.8. The maximum Gasteiger partial charge on any atom is 0.404 e. The van der Waals surface area contributed by atoms with Gasteiger partial charge in [0, 0.05) is 8.95 Å². The van der Waals surface area contributed by atoms with Crippen molar-refractivity contribution >= 4 is 61.2 Å². The zero-order valence-electron chi connectivity index (χ0n) is 16.8. The number of nitrogens with two attached hydrogens (primary N) is 1. The Morgan fingerprint density at radius 3 is 2.10 bits per heavy atom. The number of amides is 1. The summed E-state index contributed by atoms with van der Waals surface area (Å²) in [5.41, 5.74) is 4.94. The fraction of sp³-hybridized carbons (Fsp3) is 0.350. The Bertz CT molecular complexity index is 877. The number of hydrogen-bond acceptors (Lipinski definition) is 4. The Labute approximate surface area is 206 Å². The first-order chi connectivity index (χ1) is 14.2. The summed E-state index contributed by atoms with van der Waals surface area (Å²) in [5.74, 6) is -1.68. The van der Waals surface area contributed by atoms with E-state index in [2.05, 4.69) is 31.9 Å². The minimum Gasteiger partial charge on any atom is -0.505 e. The molecule has 5 nitrogen and oxygen atoms in total. The van der Waals surface area contributed by atoms with Gasteiger partial charge in [-0.3, -0.25) is 0 Å². The third-order valence-electron chi connectivity index (χ3n) is 3.51.